The molecule has 0 saturated heterocycles. The lowest BCUT2D eigenvalue weighted by Gasteiger charge is -2.26. The third kappa shape index (κ3) is 1.10. The summed E-state index contributed by atoms with van der Waals surface area (Å²) >= 11 is 0. The molecule has 0 aromatic carbocycles. The van der Waals surface area contributed by atoms with Crippen molar-refractivity contribution in [1.29, 1.82) is 0 Å². The van der Waals surface area contributed by atoms with Gasteiger partial charge in [-0.25, -0.2) is 0 Å². The van der Waals surface area contributed by atoms with Gasteiger partial charge in [0.1, 0.15) is 0 Å². The summed E-state index contributed by atoms with van der Waals surface area (Å²) in [4.78, 5) is 8.91. The molecule has 0 bridgehead atoms. The first-order valence-electron chi connectivity index (χ1n) is 5.12. The SMILES string of the molecule is C1=CN=C2c3ncccc3CC[C@@H]2C1. The molecule has 2 nitrogen and oxygen atoms in total. The van der Waals surface area contributed by atoms with E-state index in [1.54, 1.807) is 0 Å². The molecule has 2 heterocycles. The zero-order valence-corrected chi connectivity index (χ0v) is 7.98. The Hall–Kier alpha value is -1.44. The number of fused-ring (bicyclic) bond motifs is 3. The Morgan fingerprint density at radius 1 is 1.36 bits per heavy atom. The highest BCUT2D eigenvalue weighted by molar-refractivity contribution is 6.03. The van der Waals surface area contributed by atoms with Gasteiger partial charge >= 0.3 is 0 Å². The van der Waals surface area contributed by atoms with E-state index in [2.05, 4.69) is 22.1 Å². The van der Waals surface area contributed by atoms with Crippen LogP contribution in [0.25, 0.3) is 0 Å². The first kappa shape index (κ1) is 7.92. The van der Waals surface area contributed by atoms with Crippen molar-refractivity contribution in [3.8, 4) is 0 Å². The molecule has 0 radical (unpaired) electrons. The fourth-order valence-corrected chi connectivity index (χ4v) is 2.28. The fraction of sp³-hybridized carbons (Fsp3) is 0.333. The molecule has 0 spiro atoms. The zero-order chi connectivity index (χ0) is 9.38. The number of aryl methyl sites for hydroxylation is 1. The molecule has 0 saturated carbocycles. The Morgan fingerprint density at radius 2 is 2.36 bits per heavy atom. The van der Waals surface area contributed by atoms with Crippen LogP contribution in [0.3, 0.4) is 0 Å². The van der Waals surface area contributed by atoms with Crippen molar-refractivity contribution in [1.82, 2.24) is 4.98 Å². The van der Waals surface area contributed by atoms with Gasteiger partial charge in [0.2, 0.25) is 0 Å². The molecule has 0 N–H and O–H groups in total. The summed E-state index contributed by atoms with van der Waals surface area (Å²) in [5.41, 5.74) is 3.69. The topological polar surface area (TPSA) is 25.2 Å². The molecule has 3 rings (SSSR count). The monoisotopic (exact) mass is 184 g/mol. The standard InChI is InChI=1S/C12H12N2/c1-3-9-5-6-10-4-2-8-14-12(10)11(9)13-7-1/h1-3,7-8,10H,4-6H2/t10-/m0/s1. The number of hydrogen-bond acceptors (Lipinski definition) is 2. The number of nitrogens with zero attached hydrogens (tertiary/aromatic N) is 2. The van der Waals surface area contributed by atoms with Crippen LogP contribution in [0, 0.1) is 5.92 Å². The number of rotatable bonds is 0. The third-order valence-corrected chi connectivity index (χ3v) is 3.02. The van der Waals surface area contributed by atoms with E-state index in [0.717, 1.165) is 18.5 Å². The fourth-order valence-electron chi connectivity index (χ4n) is 2.28. The molecular weight excluding hydrogens is 172 g/mol. The van der Waals surface area contributed by atoms with E-state index < -0.39 is 0 Å². The van der Waals surface area contributed by atoms with Crippen LogP contribution in [0.1, 0.15) is 24.1 Å². The van der Waals surface area contributed by atoms with Gasteiger partial charge in [-0.15, -0.1) is 0 Å². The third-order valence-electron chi connectivity index (χ3n) is 3.02. The largest absolute Gasteiger partial charge is 0.259 e. The highest BCUT2D eigenvalue weighted by Gasteiger charge is 2.26. The lowest BCUT2D eigenvalue weighted by atomic mass is 9.82. The molecule has 1 atom stereocenters. The average Bonchev–Trinajstić information content (AvgIpc) is 2.29. The van der Waals surface area contributed by atoms with Crippen molar-refractivity contribution in [2.75, 3.05) is 0 Å². The van der Waals surface area contributed by atoms with Gasteiger partial charge in [0.25, 0.3) is 0 Å². The van der Waals surface area contributed by atoms with Crippen molar-refractivity contribution in [3.63, 3.8) is 0 Å². The molecule has 1 aromatic heterocycles. The Labute approximate surface area is 83.4 Å². The summed E-state index contributed by atoms with van der Waals surface area (Å²) in [6.45, 7) is 0. The van der Waals surface area contributed by atoms with Crippen LogP contribution in [0.4, 0.5) is 0 Å². The lowest BCUT2D eigenvalue weighted by Crippen LogP contribution is -2.25. The molecule has 2 heteroatoms. The first-order valence-corrected chi connectivity index (χ1v) is 5.12. The second-order valence-corrected chi connectivity index (χ2v) is 3.88. The lowest BCUT2D eigenvalue weighted by molar-refractivity contribution is 0.606. The van der Waals surface area contributed by atoms with Gasteiger partial charge < -0.3 is 0 Å². The highest BCUT2D eigenvalue weighted by Crippen LogP contribution is 2.29. The van der Waals surface area contributed by atoms with Crippen LogP contribution < -0.4 is 0 Å². The van der Waals surface area contributed by atoms with E-state index in [-0.39, 0.29) is 0 Å². The van der Waals surface area contributed by atoms with E-state index >= 15 is 0 Å². The van der Waals surface area contributed by atoms with E-state index in [0.29, 0.717) is 5.92 Å². The van der Waals surface area contributed by atoms with E-state index in [1.807, 2.05) is 18.5 Å². The molecule has 1 aliphatic carbocycles. The van der Waals surface area contributed by atoms with Crippen molar-refractivity contribution in [2.45, 2.75) is 19.3 Å². The molecule has 0 fully saturated rings. The highest BCUT2D eigenvalue weighted by atomic mass is 14.8. The van der Waals surface area contributed by atoms with Crippen LogP contribution >= 0.6 is 0 Å². The summed E-state index contributed by atoms with van der Waals surface area (Å²) in [7, 11) is 0. The minimum absolute atomic E-state index is 0.613. The molecule has 1 aliphatic heterocycles. The van der Waals surface area contributed by atoms with Gasteiger partial charge in [-0.2, -0.15) is 0 Å². The summed E-state index contributed by atoms with van der Waals surface area (Å²) in [5, 5.41) is 0. The molecule has 70 valence electrons. The summed E-state index contributed by atoms with van der Waals surface area (Å²) in [5.74, 6) is 0.613. The van der Waals surface area contributed by atoms with Crippen LogP contribution in [0.2, 0.25) is 0 Å². The van der Waals surface area contributed by atoms with Crippen LogP contribution in [0.5, 0.6) is 0 Å². The number of aliphatic imine (C=N–C) groups is 1. The van der Waals surface area contributed by atoms with Crippen molar-refractivity contribution < 1.29 is 0 Å². The molecular formula is C12H12N2. The van der Waals surface area contributed by atoms with E-state index in [4.69, 9.17) is 0 Å². The Kier molecular flexibility index (Phi) is 1.72. The predicted molar refractivity (Wildman–Crippen MR) is 56.3 cm³/mol. The number of pyridine rings is 1. The predicted octanol–water partition coefficient (Wildman–Crippen LogP) is 2.35. The van der Waals surface area contributed by atoms with E-state index in [9.17, 15) is 0 Å². The Balaban J connectivity index is 2.15. The van der Waals surface area contributed by atoms with Gasteiger partial charge in [0, 0.05) is 18.3 Å². The Morgan fingerprint density at radius 3 is 3.36 bits per heavy atom. The average molecular weight is 184 g/mol. The van der Waals surface area contributed by atoms with Gasteiger partial charge in [-0.05, 0) is 30.9 Å². The molecule has 14 heavy (non-hydrogen) atoms. The molecule has 0 unspecified atom stereocenters. The molecule has 2 aliphatic rings. The normalized spacial score (nSPS) is 23.7. The van der Waals surface area contributed by atoms with E-state index in [1.165, 1.54) is 17.7 Å². The maximum atomic E-state index is 4.47. The maximum absolute atomic E-state index is 4.47. The molecule has 1 aromatic rings. The Bertz CT molecular complexity index is 418. The van der Waals surface area contributed by atoms with Crippen molar-refractivity contribution in [3.05, 3.63) is 41.9 Å². The van der Waals surface area contributed by atoms with Gasteiger partial charge in [-0.3, -0.25) is 9.98 Å². The quantitative estimate of drug-likeness (QED) is 0.607. The maximum Gasteiger partial charge on any atom is 0.0879 e. The molecule has 0 amide bonds. The summed E-state index contributed by atoms with van der Waals surface area (Å²) < 4.78 is 0. The van der Waals surface area contributed by atoms with Crippen LogP contribution in [-0.2, 0) is 6.42 Å². The first-order chi connectivity index (χ1) is 6.95. The van der Waals surface area contributed by atoms with Gasteiger partial charge in [0.15, 0.2) is 0 Å². The minimum atomic E-state index is 0.613. The zero-order valence-electron chi connectivity index (χ0n) is 7.98. The summed E-state index contributed by atoms with van der Waals surface area (Å²) in [6.07, 6.45) is 9.44. The van der Waals surface area contributed by atoms with Gasteiger partial charge in [-0.1, -0.05) is 12.1 Å². The number of aromatic nitrogens is 1. The minimum Gasteiger partial charge on any atom is -0.259 e. The van der Waals surface area contributed by atoms with Crippen molar-refractivity contribution in [2.24, 2.45) is 10.9 Å². The number of allylic oxidation sites excluding steroid dienone is 1. The summed E-state index contributed by atoms with van der Waals surface area (Å²) in [6, 6.07) is 4.18. The van der Waals surface area contributed by atoms with Crippen molar-refractivity contribution >= 4 is 5.71 Å². The van der Waals surface area contributed by atoms with Gasteiger partial charge in [0.05, 0.1) is 11.4 Å². The van der Waals surface area contributed by atoms with Crippen LogP contribution in [-0.4, -0.2) is 10.7 Å². The second kappa shape index (κ2) is 3.05. The smallest absolute Gasteiger partial charge is 0.0879 e. The second-order valence-electron chi connectivity index (χ2n) is 3.88. The van der Waals surface area contributed by atoms with Crippen LogP contribution in [0.15, 0.2) is 35.6 Å². The number of hydrogen-bond donors (Lipinski definition) is 0.